The zero-order valence-electron chi connectivity index (χ0n) is 12.1. The molecule has 0 saturated heterocycles. The summed E-state index contributed by atoms with van der Waals surface area (Å²) in [4.78, 5) is 7.34. The summed E-state index contributed by atoms with van der Waals surface area (Å²) in [6, 6.07) is 5.59. The summed E-state index contributed by atoms with van der Waals surface area (Å²) in [6.07, 6.45) is -0.320. The Balaban J connectivity index is 0.00000192. The van der Waals surface area contributed by atoms with Crippen LogP contribution in [0.15, 0.2) is 30.6 Å². The number of nitrogens with zero attached hydrogens (tertiary/aromatic N) is 1. The number of alkyl halides is 3. The molecular formula is C15H16ClF3N2O2. The van der Waals surface area contributed by atoms with Crippen LogP contribution in [-0.2, 0) is 12.8 Å². The molecule has 1 aliphatic rings. The fourth-order valence-corrected chi connectivity index (χ4v) is 2.59. The lowest BCUT2D eigenvalue weighted by atomic mass is 9.90. The van der Waals surface area contributed by atoms with Crippen LogP contribution < -0.4 is 9.47 Å². The van der Waals surface area contributed by atoms with Gasteiger partial charge in [0.15, 0.2) is 0 Å². The monoisotopic (exact) mass is 348 g/mol. The number of benzene rings is 1. The predicted molar refractivity (Wildman–Crippen MR) is 80.0 cm³/mol. The molecule has 1 heterocycles. The van der Waals surface area contributed by atoms with Crippen molar-refractivity contribution in [2.24, 2.45) is 5.92 Å². The van der Waals surface area contributed by atoms with E-state index in [-0.39, 0.29) is 18.2 Å². The highest BCUT2D eigenvalue weighted by atomic mass is 35.5. The van der Waals surface area contributed by atoms with Gasteiger partial charge in [0.2, 0.25) is 0 Å². The van der Waals surface area contributed by atoms with E-state index in [1.54, 1.807) is 12.4 Å². The molecule has 126 valence electrons. The highest BCUT2D eigenvalue weighted by molar-refractivity contribution is 5.85. The standard InChI is InChI=1S/C15H15F3N2O2.ClH/c16-15(17,18)22-12-3-1-2-11(7-12)21-8-10-4-5-13-14(6-10)20-9-19-13;/h1-3,7,9-10H,4-6,8H2,(H,19,20);1H. The summed E-state index contributed by atoms with van der Waals surface area (Å²) >= 11 is 0. The Kier molecular flexibility index (Phi) is 5.41. The number of aryl methyl sites for hydroxylation is 1. The molecule has 1 unspecified atom stereocenters. The highest BCUT2D eigenvalue weighted by Crippen LogP contribution is 2.27. The normalized spacial score (nSPS) is 17.1. The minimum atomic E-state index is -4.70. The van der Waals surface area contributed by atoms with E-state index >= 15 is 0 Å². The molecule has 23 heavy (non-hydrogen) atoms. The van der Waals surface area contributed by atoms with Crippen LogP contribution in [0.3, 0.4) is 0 Å². The number of hydrogen-bond donors (Lipinski definition) is 1. The number of aromatic nitrogens is 2. The first-order valence-corrected chi connectivity index (χ1v) is 6.99. The molecule has 0 saturated carbocycles. The lowest BCUT2D eigenvalue weighted by molar-refractivity contribution is -0.274. The van der Waals surface area contributed by atoms with Crippen LogP contribution in [0.2, 0.25) is 0 Å². The predicted octanol–water partition coefficient (Wildman–Crippen LogP) is 3.91. The molecule has 0 fully saturated rings. The van der Waals surface area contributed by atoms with Crippen LogP contribution in [-0.4, -0.2) is 22.9 Å². The molecule has 0 bridgehead atoms. The molecule has 4 nitrogen and oxygen atoms in total. The fraction of sp³-hybridized carbons (Fsp3) is 0.400. The number of rotatable bonds is 4. The van der Waals surface area contributed by atoms with Crippen molar-refractivity contribution in [2.45, 2.75) is 25.6 Å². The molecular weight excluding hydrogens is 333 g/mol. The average molecular weight is 349 g/mol. The van der Waals surface area contributed by atoms with Gasteiger partial charge in [-0.15, -0.1) is 25.6 Å². The number of ether oxygens (including phenoxy) is 2. The van der Waals surface area contributed by atoms with Gasteiger partial charge in [0.1, 0.15) is 11.5 Å². The second kappa shape index (κ2) is 7.12. The largest absolute Gasteiger partial charge is 0.573 e. The number of aromatic amines is 1. The first-order chi connectivity index (χ1) is 10.5. The Morgan fingerprint density at radius 3 is 2.83 bits per heavy atom. The maximum Gasteiger partial charge on any atom is 0.573 e. The lowest BCUT2D eigenvalue weighted by Gasteiger charge is -2.21. The number of fused-ring (bicyclic) bond motifs is 1. The Bertz CT molecular complexity index is 646. The Labute approximate surface area is 137 Å². The SMILES string of the molecule is Cl.FC(F)(F)Oc1cccc(OCC2CCc3nc[nH]c3C2)c1. The maximum atomic E-state index is 12.2. The fourth-order valence-electron chi connectivity index (χ4n) is 2.59. The van der Waals surface area contributed by atoms with Crippen LogP contribution in [0.5, 0.6) is 11.5 Å². The first-order valence-electron chi connectivity index (χ1n) is 6.99. The minimum Gasteiger partial charge on any atom is -0.493 e. The number of nitrogens with one attached hydrogen (secondary N) is 1. The summed E-state index contributed by atoms with van der Waals surface area (Å²) in [6.45, 7) is 0.452. The van der Waals surface area contributed by atoms with Crippen molar-refractivity contribution in [3.8, 4) is 11.5 Å². The molecule has 0 aliphatic heterocycles. The molecule has 0 amide bonds. The van der Waals surface area contributed by atoms with Crippen LogP contribution in [0.4, 0.5) is 13.2 Å². The third-order valence-corrected chi connectivity index (χ3v) is 3.61. The second-order valence-corrected chi connectivity index (χ2v) is 5.27. The summed E-state index contributed by atoms with van der Waals surface area (Å²) in [7, 11) is 0. The highest BCUT2D eigenvalue weighted by Gasteiger charge is 2.31. The van der Waals surface area contributed by atoms with E-state index in [0.717, 1.165) is 30.7 Å². The van der Waals surface area contributed by atoms with Crippen LogP contribution in [0, 0.1) is 5.92 Å². The molecule has 8 heteroatoms. The molecule has 2 aromatic rings. The summed E-state index contributed by atoms with van der Waals surface area (Å²) in [5.41, 5.74) is 2.21. The molecule has 1 aromatic carbocycles. The van der Waals surface area contributed by atoms with Gasteiger partial charge in [0, 0.05) is 11.8 Å². The molecule has 0 radical (unpaired) electrons. The van der Waals surface area contributed by atoms with Gasteiger partial charge >= 0.3 is 6.36 Å². The second-order valence-electron chi connectivity index (χ2n) is 5.27. The van der Waals surface area contributed by atoms with E-state index < -0.39 is 6.36 Å². The van der Waals surface area contributed by atoms with Crippen molar-refractivity contribution in [1.29, 1.82) is 0 Å². The number of hydrogen-bond acceptors (Lipinski definition) is 3. The quantitative estimate of drug-likeness (QED) is 0.911. The summed E-state index contributed by atoms with van der Waals surface area (Å²) in [5, 5.41) is 0. The van der Waals surface area contributed by atoms with E-state index in [9.17, 15) is 13.2 Å². The van der Waals surface area contributed by atoms with Gasteiger partial charge < -0.3 is 14.5 Å². The van der Waals surface area contributed by atoms with Gasteiger partial charge in [-0.3, -0.25) is 0 Å². The molecule has 0 spiro atoms. The van der Waals surface area contributed by atoms with Crippen LogP contribution in [0.25, 0.3) is 0 Å². The van der Waals surface area contributed by atoms with Gasteiger partial charge in [-0.25, -0.2) is 4.98 Å². The van der Waals surface area contributed by atoms with Crippen molar-refractivity contribution in [2.75, 3.05) is 6.61 Å². The van der Waals surface area contributed by atoms with Gasteiger partial charge in [-0.2, -0.15) is 0 Å². The molecule has 1 aliphatic carbocycles. The van der Waals surface area contributed by atoms with E-state index in [1.165, 1.54) is 18.2 Å². The number of halogens is 4. The molecule has 3 rings (SSSR count). The van der Waals surface area contributed by atoms with Crippen molar-refractivity contribution in [1.82, 2.24) is 9.97 Å². The van der Waals surface area contributed by atoms with E-state index in [2.05, 4.69) is 14.7 Å². The zero-order valence-corrected chi connectivity index (χ0v) is 12.9. The van der Waals surface area contributed by atoms with E-state index in [0.29, 0.717) is 18.3 Å². The Morgan fingerprint density at radius 1 is 1.26 bits per heavy atom. The third kappa shape index (κ3) is 4.79. The van der Waals surface area contributed by atoms with Crippen molar-refractivity contribution in [3.05, 3.63) is 42.0 Å². The van der Waals surface area contributed by atoms with Gasteiger partial charge in [0.25, 0.3) is 0 Å². The van der Waals surface area contributed by atoms with Crippen molar-refractivity contribution < 1.29 is 22.6 Å². The topological polar surface area (TPSA) is 47.1 Å². The van der Waals surface area contributed by atoms with Gasteiger partial charge in [0.05, 0.1) is 18.6 Å². The number of imidazole rings is 1. The smallest absolute Gasteiger partial charge is 0.493 e. The summed E-state index contributed by atoms with van der Waals surface area (Å²) in [5.74, 6) is 0.418. The zero-order chi connectivity index (χ0) is 15.6. The average Bonchev–Trinajstić information content (AvgIpc) is 2.91. The molecule has 1 aromatic heterocycles. The van der Waals surface area contributed by atoms with E-state index in [1.807, 2.05) is 0 Å². The minimum absolute atomic E-state index is 0. The van der Waals surface area contributed by atoms with Crippen molar-refractivity contribution >= 4 is 12.4 Å². The van der Waals surface area contributed by atoms with Crippen LogP contribution in [0.1, 0.15) is 17.8 Å². The Hall–Kier alpha value is -1.89. The van der Waals surface area contributed by atoms with E-state index in [4.69, 9.17) is 4.74 Å². The third-order valence-electron chi connectivity index (χ3n) is 3.61. The Morgan fingerprint density at radius 2 is 2.04 bits per heavy atom. The molecule has 1 atom stereocenters. The van der Waals surface area contributed by atoms with Crippen LogP contribution >= 0.6 is 12.4 Å². The van der Waals surface area contributed by atoms with Crippen molar-refractivity contribution in [3.63, 3.8) is 0 Å². The maximum absolute atomic E-state index is 12.2. The van der Waals surface area contributed by atoms with Gasteiger partial charge in [-0.1, -0.05) is 6.07 Å². The molecule has 1 N–H and O–H groups in total. The van der Waals surface area contributed by atoms with Gasteiger partial charge in [-0.05, 0) is 37.3 Å². The number of H-pyrrole nitrogens is 1. The lowest BCUT2D eigenvalue weighted by Crippen LogP contribution is -2.21. The first kappa shape index (κ1) is 17.5. The summed E-state index contributed by atoms with van der Waals surface area (Å²) < 4.78 is 46.0.